The molecule has 1 aliphatic rings. The zero-order valence-electron chi connectivity index (χ0n) is 22.9. The summed E-state index contributed by atoms with van der Waals surface area (Å²) in [5.41, 5.74) is 5.02. The van der Waals surface area contributed by atoms with Gasteiger partial charge >= 0.3 is 12.0 Å². The molecule has 44 heavy (non-hydrogen) atoms. The fourth-order valence-electron chi connectivity index (χ4n) is 4.64. The van der Waals surface area contributed by atoms with Gasteiger partial charge in [-0.15, -0.1) is 0 Å². The molecule has 0 aliphatic carbocycles. The molecular weight excluding hydrogens is 595 g/mol. The number of thiocarbonyl (C=S) groups is 1. The Morgan fingerprint density at radius 3 is 1.80 bits per heavy atom. The number of carboxylic acid groups (broad SMARTS) is 1. The molecule has 1 saturated heterocycles. The van der Waals surface area contributed by atoms with Gasteiger partial charge < -0.3 is 15.1 Å². The lowest BCUT2D eigenvalue weighted by molar-refractivity contribution is -0.140. The SMILES string of the molecule is O=C(O)CN1C(=O)/C(=C\c2ccc(-c3nc(O)nc(-c4ccc(N(c5ccccc5)c5ccccc5)cc4)n3)cc2)SC1=S. The zero-order chi connectivity index (χ0) is 30.6. The summed E-state index contributed by atoms with van der Waals surface area (Å²) in [6.45, 7) is -0.479. The highest BCUT2D eigenvalue weighted by atomic mass is 32.2. The van der Waals surface area contributed by atoms with Crippen LogP contribution in [0.15, 0.2) is 114 Å². The van der Waals surface area contributed by atoms with E-state index in [0.717, 1.165) is 33.7 Å². The van der Waals surface area contributed by atoms with Crippen molar-refractivity contribution in [1.82, 2.24) is 19.9 Å². The summed E-state index contributed by atoms with van der Waals surface area (Å²) in [6, 6.07) is 34.6. The van der Waals surface area contributed by atoms with Crippen LogP contribution in [0.3, 0.4) is 0 Å². The van der Waals surface area contributed by atoms with Gasteiger partial charge in [0.05, 0.1) is 4.91 Å². The van der Waals surface area contributed by atoms with Crippen LogP contribution in [0.5, 0.6) is 6.01 Å². The minimum Gasteiger partial charge on any atom is -0.480 e. The van der Waals surface area contributed by atoms with Gasteiger partial charge in [0.1, 0.15) is 10.9 Å². The maximum absolute atomic E-state index is 12.6. The molecule has 2 heterocycles. The highest BCUT2D eigenvalue weighted by Crippen LogP contribution is 2.36. The molecule has 9 nitrogen and oxygen atoms in total. The second-order valence-corrected chi connectivity index (χ2v) is 11.3. The molecule has 1 aliphatic heterocycles. The number of carboxylic acids is 1. The van der Waals surface area contributed by atoms with E-state index in [1.54, 1.807) is 30.3 Å². The van der Waals surface area contributed by atoms with Crippen molar-refractivity contribution < 1.29 is 19.8 Å². The number of thioether (sulfide) groups is 1. The first kappa shape index (κ1) is 28.7. The number of para-hydroxylation sites is 2. The van der Waals surface area contributed by atoms with Gasteiger partial charge in [0, 0.05) is 28.2 Å². The van der Waals surface area contributed by atoms with E-state index in [4.69, 9.17) is 17.3 Å². The van der Waals surface area contributed by atoms with Crippen LogP contribution in [-0.2, 0) is 9.59 Å². The second kappa shape index (κ2) is 12.5. The summed E-state index contributed by atoms with van der Waals surface area (Å²) in [5.74, 6) is -0.980. The largest absolute Gasteiger partial charge is 0.480 e. The summed E-state index contributed by atoms with van der Waals surface area (Å²) in [5, 5.41) is 19.4. The maximum Gasteiger partial charge on any atom is 0.323 e. The van der Waals surface area contributed by atoms with Gasteiger partial charge in [-0.2, -0.15) is 9.97 Å². The monoisotopic (exact) mass is 617 g/mol. The Labute approximate surface area is 262 Å². The maximum atomic E-state index is 12.6. The number of hydrogen-bond donors (Lipinski definition) is 2. The number of anilines is 3. The van der Waals surface area contributed by atoms with Crippen LogP contribution in [0.1, 0.15) is 5.56 Å². The Balaban J connectivity index is 1.25. The average molecular weight is 618 g/mol. The molecule has 216 valence electrons. The van der Waals surface area contributed by atoms with E-state index in [9.17, 15) is 14.7 Å². The van der Waals surface area contributed by atoms with Gasteiger partial charge in [-0.05, 0) is 60.2 Å². The molecule has 11 heteroatoms. The molecule has 1 aromatic heterocycles. The smallest absolute Gasteiger partial charge is 0.323 e. The van der Waals surface area contributed by atoms with Crippen molar-refractivity contribution in [2.24, 2.45) is 0 Å². The Bertz CT molecular complexity index is 1840. The number of rotatable bonds is 8. The molecule has 5 aromatic rings. The molecule has 0 spiro atoms. The number of carbonyl (C=O) groups excluding carboxylic acids is 1. The van der Waals surface area contributed by atoms with E-state index in [1.807, 2.05) is 84.9 Å². The van der Waals surface area contributed by atoms with Gasteiger partial charge in [-0.1, -0.05) is 84.6 Å². The standard InChI is InChI=1S/C33H23N5O4S2/c39-28(40)20-37-31(41)27(44-33(37)43)19-21-11-13-22(14-12-21)29-34-30(36-32(42)35-29)23-15-17-26(18-16-23)38(24-7-3-1-4-8-24)25-9-5-2-6-10-25/h1-19H,20H2,(H,39,40)(H,34,35,36,42)/b27-19+. The van der Waals surface area contributed by atoms with Crippen molar-refractivity contribution in [2.75, 3.05) is 11.4 Å². The van der Waals surface area contributed by atoms with Gasteiger partial charge in [-0.25, -0.2) is 4.98 Å². The molecule has 2 N–H and O–H groups in total. The number of aliphatic carboxylic acids is 1. The molecule has 4 aromatic carbocycles. The Hall–Kier alpha value is -5.39. The highest BCUT2D eigenvalue weighted by Gasteiger charge is 2.33. The fourth-order valence-corrected chi connectivity index (χ4v) is 5.89. The van der Waals surface area contributed by atoms with E-state index >= 15 is 0 Å². The summed E-state index contributed by atoms with van der Waals surface area (Å²) >= 11 is 6.22. The summed E-state index contributed by atoms with van der Waals surface area (Å²) < 4.78 is 0.203. The first-order valence-electron chi connectivity index (χ1n) is 13.4. The van der Waals surface area contributed by atoms with Crippen molar-refractivity contribution in [3.8, 4) is 28.8 Å². The third kappa shape index (κ3) is 6.19. The van der Waals surface area contributed by atoms with Crippen molar-refractivity contribution in [3.63, 3.8) is 0 Å². The molecule has 1 amide bonds. The lowest BCUT2D eigenvalue weighted by Crippen LogP contribution is -2.33. The lowest BCUT2D eigenvalue weighted by atomic mass is 10.1. The summed E-state index contributed by atoms with van der Waals surface area (Å²) in [4.78, 5) is 40.1. The molecule has 0 radical (unpaired) electrons. The number of amides is 1. The van der Waals surface area contributed by atoms with Crippen molar-refractivity contribution >= 4 is 63.3 Å². The van der Waals surface area contributed by atoms with Gasteiger partial charge in [-0.3, -0.25) is 14.5 Å². The van der Waals surface area contributed by atoms with Gasteiger partial charge in [0.25, 0.3) is 5.91 Å². The molecule has 0 unspecified atom stereocenters. The second-order valence-electron chi connectivity index (χ2n) is 9.62. The summed E-state index contributed by atoms with van der Waals surface area (Å²) in [7, 11) is 0. The highest BCUT2D eigenvalue weighted by molar-refractivity contribution is 8.26. The number of nitrogens with zero attached hydrogens (tertiary/aromatic N) is 5. The topological polar surface area (TPSA) is 120 Å². The van der Waals surface area contributed by atoms with E-state index in [-0.39, 0.29) is 10.1 Å². The molecule has 1 fully saturated rings. The van der Waals surface area contributed by atoms with E-state index in [2.05, 4.69) is 19.9 Å². The third-order valence-electron chi connectivity index (χ3n) is 6.67. The van der Waals surface area contributed by atoms with Crippen molar-refractivity contribution in [2.45, 2.75) is 0 Å². The van der Waals surface area contributed by atoms with Crippen LogP contribution in [-0.4, -0.2) is 52.8 Å². The van der Waals surface area contributed by atoms with Crippen LogP contribution >= 0.6 is 24.0 Å². The predicted molar refractivity (Wildman–Crippen MR) is 175 cm³/mol. The Morgan fingerprint density at radius 2 is 1.27 bits per heavy atom. The lowest BCUT2D eigenvalue weighted by Gasteiger charge is -2.25. The minimum absolute atomic E-state index is 0.203. The van der Waals surface area contributed by atoms with Crippen molar-refractivity contribution in [1.29, 1.82) is 0 Å². The van der Waals surface area contributed by atoms with E-state index < -0.39 is 24.4 Å². The first-order chi connectivity index (χ1) is 21.4. The van der Waals surface area contributed by atoms with Crippen LogP contribution in [0.25, 0.3) is 28.9 Å². The van der Waals surface area contributed by atoms with E-state index in [0.29, 0.717) is 27.4 Å². The number of benzene rings is 4. The Morgan fingerprint density at radius 1 is 0.773 bits per heavy atom. The number of hydrogen-bond acceptors (Lipinski definition) is 9. The minimum atomic E-state index is -1.14. The fraction of sp³-hybridized carbons (Fsp3) is 0.0303. The molecule has 0 bridgehead atoms. The summed E-state index contributed by atoms with van der Waals surface area (Å²) in [6.07, 6.45) is 1.65. The van der Waals surface area contributed by atoms with E-state index in [1.165, 1.54) is 0 Å². The molecular formula is C33H23N5O4S2. The molecule has 0 saturated carbocycles. The normalized spacial score (nSPS) is 13.8. The van der Waals surface area contributed by atoms with Gasteiger partial charge in [0.2, 0.25) is 0 Å². The van der Waals surface area contributed by atoms with Crippen LogP contribution in [0.4, 0.5) is 17.1 Å². The van der Waals surface area contributed by atoms with Crippen molar-refractivity contribution in [3.05, 3.63) is 120 Å². The first-order valence-corrected chi connectivity index (χ1v) is 14.6. The molecule has 0 atom stereocenters. The Kier molecular flexibility index (Phi) is 8.13. The van der Waals surface area contributed by atoms with Gasteiger partial charge in [0.15, 0.2) is 11.6 Å². The molecule has 6 rings (SSSR count). The van der Waals surface area contributed by atoms with Crippen LogP contribution < -0.4 is 4.90 Å². The third-order valence-corrected chi connectivity index (χ3v) is 8.05. The van der Waals surface area contributed by atoms with Crippen LogP contribution in [0.2, 0.25) is 0 Å². The number of aromatic hydroxyl groups is 1. The quantitative estimate of drug-likeness (QED) is 0.144. The van der Waals surface area contributed by atoms with Crippen LogP contribution in [0, 0.1) is 0 Å². The predicted octanol–water partition coefficient (Wildman–Crippen LogP) is 6.67. The number of aromatic nitrogens is 3. The number of carbonyl (C=O) groups is 2. The zero-order valence-corrected chi connectivity index (χ0v) is 24.6. The average Bonchev–Trinajstić information content (AvgIpc) is 3.29.